The van der Waals surface area contributed by atoms with Crippen LogP contribution in [0.3, 0.4) is 0 Å². The Bertz CT molecular complexity index is 1310. The molecule has 33 heavy (non-hydrogen) atoms. The molecule has 2 N–H and O–H groups in total. The molecule has 3 aromatic rings. The number of aliphatic carboxylic acids is 1. The van der Waals surface area contributed by atoms with Crippen molar-refractivity contribution in [2.45, 2.75) is 32.0 Å². The zero-order valence-corrected chi connectivity index (χ0v) is 20.5. The maximum absolute atomic E-state index is 12.5. The fourth-order valence-electron chi connectivity index (χ4n) is 4.83. The second-order valence-corrected chi connectivity index (χ2v) is 10.7. The van der Waals surface area contributed by atoms with E-state index < -0.39 is 18.0 Å². The van der Waals surface area contributed by atoms with Gasteiger partial charge >= 0.3 is 5.97 Å². The van der Waals surface area contributed by atoms with Crippen LogP contribution in [0.5, 0.6) is 0 Å². The molecule has 4 heterocycles. The first kappa shape index (κ1) is 22.1. The third kappa shape index (κ3) is 3.84. The molecule has 7 nitrogen and oxygen atoms in total. The van der Waals surface area contributed by atoms with Crippen molar-refractivity contribution in [3.8, 4) is 10.4 Å². The summed E-state index contributed by atoms with van der Waals surface area (Å²) in [5, 5.41) is 19.9. The predicted octanol–water partition coefficient (Wildman–Crippen LogP) is 3.26. The average molecular weight is 529 g/mol. The number of halogens is 1. The van der Waals surface area contributed by atoms with Crippen LogP contribution in [0.1, 0.15) is 23.8 Å². The first-order valence-electron chi connectivity index (χ1n) is 10.6. The van der Waals surface area contributed by atoms with E-state index in [0.717, 1.165) is 27.0 Å². The van der Waals surface area contributed by atoms with Gasteiger partial charge in [0.15, 0.2) is 0 Å². The van der Waals surface area contributed by atoms with Gasteiger partial charge in [0.1, 0.15) is 24.6 Å². The molecule has 1 fully saturated rings. The molecule has 2 aliphatic heterocycles. The Labute approximate surface area is 203 Å². The highest BCUT2D eigenvalue weighted by molar-refractivity contribution is 9.10. The van der Waals surface area contributed by atoms with E-state index in [1.165, 1.54) is 9.78 Å². The summed E-state index contributed by atoms with van der Waals surface area (Å²) in [5.41, 5.74) is 2.41. The van der Waals surface area contributed by atoms with Gasteiger partial charge in [-0.15, -0.1) is 11.3 Å². The summed E-state index contributed by atoms with van der Waals surface area (Å²) in [6.45, 7) is 2.36. The molecule has 0 radical (unpaired) electrons. The first-order valence-corrected chi connectivity index (χ1v) is 12.2. The number of carbonyl (C=O) groups excluding carboxylic acids is 1. The number of fused-ring (bicyclic) bond motifs is 1. The lowest BCUT2D eigenvalue weighted by Gasteiger charge is -2.44. The Kier molecular flexibility index (Phi) is 5.50. The number of rotatable bonds is 6. The van der Waals surface area contributed by atoms with Crippen LogP contribution in [0.15, 0.2) is 59.2 Å². The summed E-state index contributed by atoms with van der Waals surface area (Å²) in [7, 11) is 1.99. The highest BCUT2D eigenvalue weighted by atomic mass is 79.9. The Morgan fingerprint density at radius 1 is 1.30 bits per heavy atom. The van der Waals surface area contributed by atoms with Gasteiger partial charge in [-0.3, -0.25) is 4.79 Å². The number of carbonyl (C=O) groups is 2. The Hall–Kier alpha value is -2.75. The van der Waals surface area contributed by atoms with E-state index in [1.54, 1.807) is 18.3 Å². The number of imidazole rings is 1. The molecule has 0 aliphatic carbocycles. The standard InChI is InChI=1S/C24H22BrN3O4S/c1-13(29)21-19-10-18(22(24(31)32)28(19)23(21)30)14-7-15(9-16(25)8-14)20-4-3-17(33-20)11-27-6-5-26(2)12-27/h3-9,12-13,19,21,29H,10-11H2,1-2H3/p+1/t13-,19-,21-/m1/s1. The van der Waals surface area contributed by atoms with Crippen LogP contribution in [0, 0.1) is 5.92 Å². The van der Waals surface area contributed by atoms with Crippen LogP contribution in [0.2, 0.25) is 0 Å². The van der Waals surface area contributed by atoms with Crippen molar-refractivity contribution in [3.05, 3.63) is 69.7 Å². The van der Waals surface area contributed by atoms with E-state index in [1.807, 2.05) is 48.5 Å². The third-order valence-electron chi connectivity index (χ3n) is 6.29. The molecule has 1 amide bonds. The van der Waals surface area contributed by atoms with Crippen molar-refractivity contribution in [3.63, 3.8) is 0 Å². The third-order valence-corrected chi connectivity index (χ3v) is 7.86. The first-order chi connectivity index (χ1) is 15.7. The number of carboxylic acid groups (broad SMARTS) is 1. The van der Waals surface area contributed by atoms with E-state index in [4.69, 9.17) is 0 Å². The highest BCUT2D eigenvalue weighted by Gasteiger charge is 2.56. The van der Waals surface area contributed by atoms with Crippen molar-refractivity contribution in [1.82, 2.24) is 9.47 Å². The number of hydrogen-bond acceptors (Lipinski definition) is 4. The fraction of sp³-hybridized carbons (Fsp3) is 0.292. The second-order valence-electron chi connectivity index (χ2n) is 8.62. The molecule has 1 aromatic carbocycles. The second kappa shape index (κ2) is 8.23. The summed E-state index contributed by atoms with van der Waals surface area (Å²) >= 11 is 5.27. The lowest BCUT2D eigenvalue weighted by molar-refractivity contribution is -0.671. The maximum Gasteiger partial charge on any atom is 0.352 e. The quantitative estimate of drug-likeness (QED) is 0.379. The summed E-state index contributed by atoms with van der Waals surface area (Å²) in [6.07, 6.45) is 5.67. The molecule has 5 rings (SSSR count). The smallest absolute Gasteiger partial charge is 0.352 e. The fourth-order valence-corrected chi connectivity index (χ4v) is 6.32. The molecule has 3 atom stereocenters. The van der Waals surface area contributed by atoms with Gasteiger partial charge in [0.2, 0.25) is 12.2 Å². The van der Waals surface area contributed by atoms with Crippen molar-refractivity contribution in [1.29, 1.82) is 0 Å². The number of aliphatic hydroxyl groups excluding tert-OH is 1. The van der Waals surface area contributed by atoms with E-state index in [9.17, 15) is 19.8 Å². The average Bonchev–Trinajstić information content (AvgIpc) is 3.45. The van der Waals surface area contributed by atoms with E-state index in [0.29, 0.717) is 12.0 Å². The van der Waals surface area contributed by atoms with Crippen molar-refractivity contribution in [2.75, 3.05) is 0 Å². The molecule has 9 heteroatoms. The summed E-state index contributed by atoms with van der Waals surface area (Å²) in [4.78, 5) is 28.3. The minimum absolute atomic E-state index is 0.0262. The number of aryl methyl sites for hydroxylation is 1. The molecular formula is C24H23BrN3O4S+. The van der Waals surface area contributed by atoms with Gasteiger partial charge < -0.3 is 15.1 Å². The lowest BCUT2D eigenvalue weighted by atomic mass is 9.82. The van der Waals surface area contributed by atoms with Gasteiger partial charge in [-0.1, -0.05) is 15.9 Å². The zero-order chi connectivity index (χ0) is 23.4. The van der Waals surface area contributed by atoms with Crippen molar-refractivity contribution in [2.24, 2.45) is 13.0 Å². The molecule has 1 saturated heterocycles. The number of amides is 1. The normalized spacial score (nSPS) is 20.7. The molecular weight excluding hydrogens is 506 g/mol. The topological polar surface area (TPSA) is 86.7 Å². The maximum atomic E-state index is 12.5. The summed E-state index contributed by atoms with van der Waals surface area (Å²) < 4.78 is 4.96. The van der Waals surface area contributed by atoms with E-state index >= 15 is 0 Å². The van der Waals surface area contributed by atoms with Crippen LogP contribution in [0.4, 0.5) is 0 Å². The van der Waals surface area contributed by atoms with E-state index in [-0.39, 0.29) is 17.6 Å². The van der Waals surface area contributed by atoms with Gasteiger partial charge in [0.05, 0.1) is 25.1 Å². The van der Waals surface area contributed by atoms with Gasteiger partial charge in [-0.05, 0) is 60.4 Å². The number of aliphatic hydroxyl groups is 1. The molecule has 0 spiro atoms. The zero-order valence-electron chi connectivity index (χ0n) is 18.1. The van der Waals surface area contributed by atoms with Crippen LogP contribution in [-0.2, 0) is 23.2 Å². The lowest BCUT2D eigenvalue weighted by Crippen LogP contribution is -2.61. The molecule has 170 valence electrons. The number of aromatic nitrogens is 2. The van der Waals surface area contributed by atoms with Crippen molar-refractivity contribution < 1.29 is 24.4 Å². The summed E-state index contributed by atoms with van der Waals surface area (Å²) in [5.74, 6) is -2.00. The molecule has 0 unspecified atom stereocenters. The SMILES string of the molecule is C[C@@H](O)[C@H]1C(=O)N2C(C(=O)O)=C(c3cc(Br)cc(-c4ccc(Cn5cc[n+](C)c5)s4)c3)C[C@H]12. The number of thiophene rings is 1. The molecule has 0 saturated carbocycles. The van der Waals surface area contributed by atoms with Crippen LogP contribution < -0.4 is 4.57 Å². The summed E-state index contributed by atoms with van der Waals surface area (Å²) in [6, 6.07) is 9.78. The van der Waals surface area contributed by atoms with Gasteiger partial charge in [-0.2, -0.15) is 0 Å². The number of carboxylic acids is 1. The van der Waals surface area contributed by atoms with Crippen molar-refractivity contribution >= 4 is 44.7 Å². The van der Waals surface area contributed by atoms with Gasteiger partial charge in [0.25, 0.3) is 0 Å². The van der Waals surface area contributed by atoms with E-state index in [2.05, 4.69) is 32.6 Å². The Morgan fingerprint density at radius 3 is 2.73 bits per heavy atom. The highest BCUT2D eigenvalue weighted by Crippen LogP contribution is 2.47. The predicted molar refractivity (Wildman–Crippen MR) is 127 cm³/mol. The number of hydrogen-bond donors (Lipinski definition) is 2. The van der Waals surface area contributed by atoms with Gasteiger partial charge in [0, 0.05) is 14.2 Å². The minimum Gasteiger partial charge on any atom is -0.477 e. The number of benzene rings is 1. The molecule has 2 aliphatic rings. The van der Waals surface area contributed by atoms with Crippen LogP contribution in [0.25, 0.3) is 16.0 Å². The van der Waals surface area contributed by atoms with Crippen LogP contribution >= 0.6 is 27.3 Å². The molecule has 2 aromatic heterocycles. The Morgan fingerprint density at radius 2 is 2.06 bits per heavy atom. The number of nitrogens with zero attached hydrogens (tertiary/aromatic N) is 3. The minimum atomic E-state index is -1.12. The van der Waals surface area contributed by atoms with Crippen LogP contribution in [-0.4, -0.2) is 43.7 Å². The van der Waals surface area contributed by atoms with Gasteiger partial charge in [-0.25, -0.2) is 13.9 Å². The monoisotopic (exact) mass is 528 g/mol. The largest absolute Gasteiger partial charge is 0.477 e. The molecule has 0 bridgehead atoms. The number of β-lactam (4-membered cyclic amide) rings is 1. The Balaban J connectivity index is 1.48.